The molecule has 0 atom stereocenters. The Bertz CT molecular complexity index is 1430. The van der Waals surface area contributed by atoms with Gasteiger partial charge in [-0.2, -0.15) is 9.61 Å². The maximum atomic E-state index is 11.0. The van der Waals surface area contributed by atoms with E-state index in [1.165, 1.54) is 43.8 Å². The van der Waals surface area contributed by atoms with Crippen LogP contribution in [0.2, 0.25) is 0 Å². The number of non-ortho nitro benzene ring substituents is 1. The number of likely N-dealkylation sites (tertiary alicyclic amines) is 1. The minimum Gasteiger partial charge on any atom is -0.383 e. The van der Waals surface area contributed by atoms with E-state index in [9.17, 15) is 10.1 Å². The number of nitro benzene ring substituents is 1. The van der Waals surface area contributed by atoms with Crippen LogP contribution in [0, 0.1) is 10.1 Å². The van der Waals surface area contributed by atoms with Crippen molar-refractivity contribution in [2.24, 2.45) is 0 Å². The molecule has 0 aliphatic carbocycles. The van der Waals surface area contributed by atoms with Crippen LogP contribution >= 0.6 is 0 Å². The fourth-order valence-corrected chi connectivity index (χ4v) is 5.69. The summed E-state index contributed by atoms with van der Waals surface area (Å²) in [7, 11) is 2.22. The van der Waals surface area contributed by atoms with Crippen LogP contribution in [0.5, 0.6) is 0 Å². The van der Waals surface area contributed by atoms with Crippen molar-refractivity contribution in [2.75, 3.05) is 56.9 Å². The fraction of sp³-hybridized carbons (Fsp3) is 0.357. The molecule has 2 aliphatic heterocycles. The molecule has 0 bridgehead atoms. The van der Waals surface area contributed by atoms with Crippen LogP contribution in [0.1, 0.15) is 12.8 Å². The van der Waals surface area contributed by atoms with Crippen LogP contribution in [-0.4, -0.2) is 81.7 Å². The molecule has 4 aromatic rings. The highest BCUT2D eigenvalue weighted by Crippen LogP contribution is 2.32. The summed E-state index contributed by atoms with van der Waals surface area (Å²) in [6, 6.07) is 15.6. The van der Waals surface area contributed by atoms with Crippen molar-refractivity contribution in [3.8, 4) is 22.3 Å². The molecule has 2 saturated heterocycles. The first-order valence-electron chi connectivity index (χ1n) is 13.1. The summed E-state index contributed by atoms with van der Waals surface area (Å²) in [4.78, 5) is 22.8. The highest BCUT2D eigenvalue weighted by Gasteiger charge is 2.26. The number of nitrogen functional groups attached to an aromatic ring is 1. The smallest absolute Gasteiger partial charge is 0.269 e. The van der Waals surface area contributed by atoms with Crippen molar-refractivity contribution in [3.63, 3.8) is 0 Å². The Labute approximate surface area is 221 Å². The Hall–Kier alpha value is -4.02. The molecule has 2 fully saturated rings. The zero-order valence-electron chi connectivity index (χ0n) is 21.5. The van der Waals surface area contributed by atoms with E-state index in [4.69, 9.17) is 5.73 Å². The fourth-order valence-electron chi connectivity index (χ4n) is 5.69. The van der Waals surface area contributed by atoms with Gasteiger partial charge in [0.15, 0.2) is 5.65 Å². The van der Waals surface area contributed by atoms with Crippen LogP contribution in [0.25, 0.3) is 27.9 Å². The number of fused-ring (bicyclic) bond motifs is 1. The topological polar surface area (TPSA) is 109 Å². The molecular weight excluding hydrogens is 480 g/mol. The SMILES string of the molecule is CN1CCC(N2CCN(c3ccc(-c4cnn5c(N)c(-c6ccc([N+](=O)[O-])cc6)cnc45)cc3)CC2)CC1. The minimum absolute atomic E-state index is 0.0327. The Morgan fingerprint density at radius 1 is 0.868 bits per heavy atom. The van der Waals surface area contributed by atoms with Gasteiger partial charge in [0, 0.05) is 67.4 Å². The molecule has 10 heteroatoms. The molecule has 0 spiro atoms. The van der Waals surface area contributed by atoms with Gasteiger partial charge in [0.2, 0.25) is 0 Å². The van der Waals surface area contributed by atoms with E-state index >= 15 is 0 Å². The molecule has 10 nitrogen and oxygen atoms in total. The van der Waals surface area contributed by atoms with Gasteiger partial charge >= 0.3 is 0 Å². The molecule has 0 radical (unpaired) electrons. The number of piperidine rings is 1. The third kappa shape index (κ3) is 4.57. The third-order valence-corrected chi connectivity index (χ3v) is 8.02. The first-order chi connectivity index (χ1) is 18.5. The van der Waals surface area contributed by atoms with E-state index in [1.807, 2.05) is 0 Å². The lowest BCUT2D eigenvalue weighted by atomic mass is 10.0. The molecule has 6 rings (SSSR count). The zero-order valence-corrected chi connectivity index (χ0v) is 21.5. The van der Waals surface area contributed by atoms with Crippen LogP contribution in [0.15, 0.2) is 60.9 Å². The second kappa shape index (κ2) is 10.0. The number of hydrogen-bond donors (Lipinski definition) is 1. The predicted molar refractivity (Wildman–Crippen MR) is 149 cm³/mol. The van der Waals surface area contributed by atoms with Crippen LogP contribution in [0.3, 0.4) is 0 Å². The normalized spacial score (nSPS) is 17.8. The van der Waals surface area contributed by atoms with Gasteiger partial charge in [-0.05, 0) is 68.4 Å². The van der Waals surface area contributed by atoms with Crippen molar-refractivity contribution in [3.05, 3.63) is 71.0 Å². The Balaban J connectivity index is 1.16. The molecule has 2 N–H and O–H groups in total. The van der Waals surface area contributed by atoms with Gasteiger partial charge in [-0.1, -0.05) is 12.1 Å². The molecular formula is C28H32N8O2. The number of piperazine rings is 1. The second-order valence-electron chi connectivity index (χ2n) is 10.3. The molecule has 2 aromatic carbocycles. The maximum Gasteiger partial charge on any atom is 0.269 e. The number of anilines is 2. The lowest BCUT2D eigenvalue weighted by Gasteiger charge is -2.42. The zero-order chi connectivity index (χ0) is 26.2. The third-order valence-electron chi connectivity index (χ3n) is 8.02. The van der Waals surface area contributed by atoms with Gasteiger partial charge in [-0.3, -0.25) is 15.0 Å². The predicted octanol–water partition coefficient (Wildman–Crippen LogP) is 3.77. The number of nitrogens with zero attached hydrogens (tertiary/aromatic N) is 7. The number of nitrogens with two attached hydrogens (primary N) is 1. The van der Waals surface area contributed by atoms with Crippen molar-refractivity contribution < 1.29 is 4.92 Å². The van der Waals surface area contributed by atoms with Crippen LogP contribution in [0.4, 0.5) is 17.2 Å². The molecule has 0 saturated carbocycles. The van der Waals surface area contributed by atoms with E-state index in [0.717, 1.165) is 48.9 Å². The van der Waals surface area contributed by atoms with E-state index < -0.39 is 4.92 Å². The molecule has 196 valence electrons. The number of rotatable bonds is 5. The van der Waals surface area contributed by atoms with Gasteiger partial charge < -0.3 is 15.5 Å². The van der Waals surface area contributed by atoms with E-state index in [-0.39, 0.29) is 5.69 Å². The van der Waals surface area contributed by atoms with Gasteiger partial charge in [0.05, 0.1) is 11.1 Å². The first kappa shape index (κ1) is 24.3. The summed E-state index contributed by atoms with van der Waals surface area (Å²) in [5.41, 5.74) is 11.8. The number of benzene rings is 2. The largest absolute Gasteiger partial charge is 0.383 e. The van der Waals surface area contributed by atoms with E-state index in [1.54, 1.807) is 29.0 Å². The van der Waals surface area contributed by atoms with Gasteiger partial charge in [0.1, 0.15) is 5.82 Å². The van der Waals surface area contributed by atoms with E-state index in [2.05, 4.69) is 56.1 Å². The lowest BCUT2D eigenvalue weighted by Crippen LogP contribution is -2.52. The second-order valence-corrected chi connectivity index (χ2v) is 10.3. The van der Waals surface area contributed by atoms with Crippen molar-refractivity contribution >= 4 is 22.8 Å². The highest BCUT2D eigenvalue weighted by atomic mass is 16.6. The summed E-state index contributed by atoms with van der Waals surface area (Å²) < 4.78 is 1.63. The summed E-state index contributed by atoms with van der Waals surface area (Å²) in [6.07, 6.45) is 6.04. The standard InChI is InChI=1S/C28H32N8O2/c1-32-12-10-23(11-13-32)34-16-14-33(15-17-34)22-6-2-21(3-7-22)26-19-31-35-27(29)25(18-30-28(26)35)20-4-8-24(9-5-20)36(37)38/h2-9,18-19,23H,10-17,29H2,1H3. The molecule has 0 amide bonds. The van der Waals surface area contributed by atoms with Crippen LogP contribution < -0.4 is 10.6 Å². The first-order valence-corrected chi connectivity index (χ1v) is 13.1. The Morgan fingerprint density at radius 3 is 2.16 bits per heavy atom. The quantitative estimate of drug-likeness (QED) is 0.318. The average Bonchev–Trinajstić information content (AvgIpc) is 3.39. The minimum atomic E-state index is -0.421. The molecule has 0 unspecified atom stereocenters. The molecule has 38 heavy (non-hydrogen) atoms. The monoisotopic (exact) mass is 512 g/mol. The summed E-state index contributed by atoms with van der Waals surface area (Å²) in [5, 5.41) is 15.5. The molecule has 2 aromatic heterocycles. The summed E-state index contributed by atoms with van der Waals surface area (Å²) >= 11 is 0. The lowest BCUT2D eigenvalue weighted by molar-refractivity contribution is -0.384. The van der Waals surface area contributed by atoms with Crippen molar-refractivity contribution in [2.45, 2.75) is 18.9 Å². The maximum absolute atomic E-state index is 11.0. The van der Waals surface area contributed by atoms with Crippen LogP contribution in [-0.2, 0) is 0 Å². The average molecular weight is 513 g/mol. The number of nitro groups is 1. The Kier molecular flexibility index (Phi) is 6.42. The molecule has 4 heterocycles. The van der Waals surface area contributed by atoms with E-state index in [0.29, 0.717) is 17.0 Å². The van der Waals surface area contributed by atoms with Gasteiger partial charge in [-0.15, -0.1) is 0 Å². The summed E-state index contributed by atoms with van der Waals surface area (Å²) in [5.74, 6) is 0.439. The number of aromatic nitrogens is 3. The summed E-state index contributed by atoms with van der Waals surface area (Å²) in [6.45, 7) is 6.73. The van der Waals surface area contributed by atoms with Crippen molar-refractivity contribution in [1.82, 2.24) is 24.4 Å². The molecule has 2 aliphatic rings. The Morgan fingerprint density at radius 2 is 1.50 bits per heavy atom. The van der Waals surface area contributed by atoms with Crippen molar-refractivity contribution in [1.29, 1.82) is 0 Å². The highest BCUT2D eigenvalue weighted by molar-refractivity contribution is 5.82. The van der Waals surface area contributed by atoms with Gasteiger partial charge in [0.25, 0.3) is 5.69 Å². The van der Waals surface area contributed by atoms with Gasteiger partial charge in [-0.25, -0.2) is 4.98 Å². The number of hydrogen-bond acceptors (Lipinski definition) is 8.